The Morgan fingerprint density at radius 3 is 2.71 bits per heavy atom. The van der Waals surface area contributed by atoms with Crippen molar-refractivity contribution < 1.29 is 4.74 Å². The number of aromatic nitrogens is 2. The van der Waals surface area contributed by atoms with Crippen molar-refractivity contribution in [3.05, 3.63) is 24.0 Å². The average Bonchev–Trinajstić information content (AvgIpc) is 2.97. The van der Waals surface area contributed by atoms with Crippen molar-refractivity contribution in [2.75, 3.05) is 39.8 Å². The van der Waals surface area contributed by atoms with E-state index in [1.165, 1.54) is 0 Å². The van der Waals surface area contributed by atoms with Crippen molar-refractivity contribution >= 4 is 11.0 Å². The molecule has 1 atom stereocenters. The SMILES string of the molecule is CCN1CCN(C(C)c2nc3ccc(OC)cc3[nH]2)CC1. The molecular formula is C16H24N4O. The normalized spacial score (nSPS) is 19.0. The van der Waals surface area contributed by atoms with E-state index in [2.05, 4.69) is 28.6 Å². The van der Waals surface area contributed by atoms with Gasteiger partial charge in [0.1, 0.15) is 11.6 Å². The molecule has 0 spiro atoms. The summed E-state index contributed by atoms with van der Waals surface area (Å²) in [5.74, 6) is 1.91. The fraction of sp³-hybridized carbons (Fsp3) is 0.562. The fourth-order valence-electron chi connectivity index (χ4n) is 2.97. The molecular weight excluding hydrogens is 264 g/mol. The summed E-state index contributed by atoms with van der Waals surface area (Å²) in [5, 5.41) is 0. The summed E-state index contributed by atoms with van der Waals surface area (Å²) in [6, 6.07) is 6.30. The monoisotopic (exact) mass is 288 g/mol. The molecule has 1 aromatic heterocycles. The van der Waals surface area contributed by atoms with Crippen LogP contribution in [0.25, 0.3) is 11.0 Å². The molecule has 0 bridgehead atoms. The van der Waals surface area contributed by atoms with E-state index in [9.17, 15) is 0 Å². The van der Waals surface area contributed by atoms with E-state index in [0.29, 0.717) is 6.04 Å². The first-order valence-electron chi connectivity index (χ1n) is 7.71. The molecule has 114 valence electrons. The van der Waals surface area contributed by atoms with Gasteiger partial charge in [-0.25, -0.2) is 4.98 Å². The predicted molar refractivity (Wildman–Crippen MR) is 84.7 cm³/mol. The third kappa shape index (κ3) is 2.89. The first-order chi connectivity index (χ1) is 10.2. The molecule has 1 aromatic carbocycles. The predicted octanol–water partition coefficient (Wildman–Crippen LogP) is 2.27. The quantitative estimate of drug-likeness (QED) is 0.937. The Labute approximate surface area is 125 Å². The van der Waals surface area contributed by atoms with Gasteiger partial charge in [0.25, 0.3) is 0 Å². The van der Waals surface area contributed by atoms with E-state index in [1.54, 1.807) is 7.11 Å². The van der Waals surface area contributed by atoms with Crippen molar-refractivity contribution in [2.45, 2.75) is 19.9 Å². The van der Waals surface area contributed by atoms with Crippen molar-refractivity contribution in [2.24, 2.45) is 0 Å². The van der Waals surface area contributed by atoms with Gasteiger partial charge in [0.2, 0.25) is 0 Å². The lowest BCUT2D eigenvalue weighted by molar-refractivity contribution is 0.103. The molecule has 21 heavy (non-hydrogen) atoms. The minimum absolute atomic E-state index is 0.322. The van der Waals surface area contributed by atoms with Crippen LogP contribution < -0.4 is 4.74 Å². The number of hydrogen-bond acceptors (Lipinski definition) is 4. The summed E-state index contributed by atoms with van der Waals surface area (Å²) < 4.78 is 5.27. The molecule has 3 rings (SSSR count). The van der Waals surface area contributed by atoms with Crippen LogP contribution >= 0.6 is 0 Å². The number of benzene rings is 1. The Morgan fingerprint density at radius 2 is 2.05 bits per heavy atom. The Bertz CT molecular complexity index is 601. The first kappa shape index (κ1) is 14.4. The number of H-pyrrole nitrogens is 1. The highest BCUT2D eigenvalue weighted by molar-refractivity contribution is 5.76. The number of imidazole rings is 1. The van der Waals surface area contributed by atoms with Gasteiger partial charge in [0, 0.05) is 32.2 Å². The second kappa shape index (κ2) is 6.03. The Kier molecular flexibility index (Phi) is 4.12. The molecule has 5 nitrogen and oxygen atoms in total. The number of hydrogen-bond donors (Lipinski definition) is 1. The molecule has 1 fully saturated rings. The molecule has 1 saturated heterocycles. The van der Waals surface area contributed by atoms with E-state index in [0.717, 1.165) is 55.3 Å². The number of rotatable bonds is 4. The van der Waals surface area contributed by atoms with Gasteiger partial charge in [-0.05, 0) is 25.6 Å². The zero-order valence-corrected chi connectivity index (χ0v) is 13.1. The van der Waals surface area contributed by atoms with E-state index in [4.69, 9.17) is 9.72 Å². The highest BCUT2D eigenvalue weighted by atomic mass is 16.5. The van der Waals surface area contributed by atoms with E-state index >= 15 is 0 Å². The third-order valence-corrected chi connectivity index (χ3v) is 4.50. The number of fused-ring (bicyclic) bond motifs is 1. The van der Waals surface area contributed by atoms with Crippen LogP contribution in [0.5, 0.6) is 5.75 Å². The summed E-state index contributed by atoms with van der Waals surface area (Å²) in [6.45, 7) is 10.1. The average molecular weight is 288 g/mol. The van der Waals surface area contributed by atoms with Gasteiger partial charge in [0.15, 0.2) is 0 Å². The van der Waals surface area contributed by atoms with Gasteiger partial charge in [0.05, 0.1) is 24.2 Å². The molecule has 1 unspecified atom stereocenters. The lowest BCUT2D eigenvalue weighted by atomic mass is 10.2. The van der Waals surface area contributed by atoms with Gasteiger partial charge in [-0.2, -0.15) is 0 Å². The van der Waals surface area contributed by atoms with Crippen molar-refractivity contribution in [3.63, 3.8) is 0 Å². The second-order valence-electron chi connectivity index (χ2n) is 5.65. The molecule has 0 aliphatic carbocycles. The summed E-state index contributed by atoms with van der Waals surface area (Å²) in [6.07, 6.45) is 0. The van der Waals surface area contributed by atoms with Gasteiger partial charge in [-0.15, -0.1) is 0 Å². The Morgan fingerprint density at radius 1 is 1.29 bits per heavy atom. The minimum atomic E-state index is 0.322. The maximum Gasteiger partial charge on any atom is 0.124 e. The number of likely N-dealkylation sites (N-methyl/N-ethyl adjacent to an activating group) is 1. The molecule has 0 saturated carbocycles. The van der Waals surface area contributed by atoms with E-state index < -0.39 is 0 Å². The van der Waals surface area contributed by atoms with Crippen molar-refractivity contribution in [1.82, 2.24) is 19.8 Å². The topological polar surface area (TPSA) is 44.4 Å². The minimum Gasteiger partial charge on any atom is -0.497 e. The summed E-state index contributed by atoms with van der Waals surface area (Å²) >= 11 is 0. The molecule has 0 radical (unpaired) electrons. The molecule has 0 amide bonds. The first-order valence-corrected chi connectivity index (χ1v) is 7.71. The lowest BCUT2D eigenvalue weighted by Crippen LogP contribution is -2.47. The zero-order chi connectivity index (χ0) is 14.8. The maximum absolute atomic E-state index is 5.27. The number of ether oxygens (including phenoxy) is 1. The molecule has 2 heterocycles. The van der Waals surface area contributed by atoms with Crippen LogP contribution in [0, 0.1) is 0 Å². The van der Waals surface area contributed by atoms with Crippen LogP contribution in [0.3, 0.4) is 0 Å². The van der Waals surface area contributed by atoms with Crippen molar-refractivity contribution in [1.29, 1.82) is 0 Å². The van der Waals surface area contributed by atoms with Gasteiger partial charge < -0.3 is 14.6 Å². The Balaban J connectivity index is 1.77. The summed E-state index contributed by atoms with van der Waals surface area (Å²) in [4.78, 5) is 13.2. The van der Waals surface area contributed by atoms with Crippen LogP contribution in [0.4, 0.5) is 0 Å². The number of nitrogens with zero attached hydrogens (tertiary/aromatic N) is 3. The summed E-state index contributed by atoms with van der Waals surface area (Å²) in [5.41, 5.74) is 2.05. The zero-order valence-electron chi connectivity index (χ0n) is 13.1. The highest BCUT2D eigenvalue weighted by Gasteiger charge is 2.23. The van der Waals surface area contributed by atoms with Crippen LogP contribution in [0.15, 0.2) is 18.2 Å². The molecule has 1 aliphatic rings. The highest BCUT2D eigenvalue weighted by Crippen LogP contribution is 2.24. The maximum atomic E-state index is 5.27. The molecule has 2 aromatic rings. The Hall–Kier alpha value is -1.59. The smallest absolute Gasteiger partial charge is 0.124 e. The molecule has 1 N–H and O–H groups in total. The van der Waals surface area contributed by atoms with E-state index in [1.807, 2.05) is 18.2 Å². The number of aromatic amines is 1. The second-order valence-corrected chi connectivity index (χ2v) is 5.65. The van der Waals surface area contributed by atoms with Gasteiger partial charge >= 0.3 is 0 Å². The number of nitrogens with one attached hydrogen (secondary N) is 1. The number of piperazine rings is 1. The fourth-order valence-corrected chi connectivity index (χ4v) is 2.97. The standard InChI is InChI=1S/C16H24N4O/c1-4-19-7-9-20(10-8-19)12(2)16-17-14-6-5-13(21-3)11-15(14)18-16/h5-6,11-12H,4,7-10H2,1-3H3,(H,17,18). The van der Waals surface area contributed by atoms with Gasteiger partial charge in [-0.1, -0.05) is 6.92 Å². The lowest BCUT2D eigenvalue weighted by Gasteiger charge is -2.36. The molecule has 5 heteroatoms. The third-order valence-electron chi connectivity index (χ3n) is 4.50. The van der Waals surface area contributed by atoms with Gasteiger partial charge in [-0.3, -0.25) is 4.90 Å². The van der Waals surface area contributed by atoms with Crippen LogP contribution in [0.1, 0.15) is 25.7 Å². The van der Waals surface area contributed by atoms with Crippen LogP contribution in [-0.4, -0.2) is 59.6 Å². The van der Waals surface area contributed by atoms with E-state index in [-0.39, 0.29) is 0 Å². The van der Waals surface area contributed by atoms with Crippen LogP contribution in [-0.2, 0) is 0 Å². The van der Waals surface area contributed by atoms with Crippen molar-refractivity contribution in [3.8, 4) is 5.75 Å². The molecule has 1 aliphatic heterocycles. The number of methoxy groups -OCH3 is 1. The summed E-state index contributed by atoms with van der Waals surface area (Å²) in [7, 11) is 1.69. The van der Waals surface area contributed by atoms with Crippen LogP contribution in [0.2, 0.25) is 0 Å². The largest absolute Gasteiger partial charge is 0.497 e.